The number of methoxy groups -OCH3 is 2. The molecular weight excluding hydrogens is 264 g/mol. The standard InChI is InChI=1S/C13H20N2O5/c1-9(16)5-6-14(2)10-7-12(19-3)13(20-4)8-11(10)15(17)18/h7-9,16H,5-6H2,1-4H3. The molecule has 0 saturated heterocycles. The highest BCUT2D eigenvalue weighted by atomic mass is 16.6. The summed E-state index contributed by atoms with van der Waals surface area (Å²) in [6.45, 7) is 2.17. The molecule has 0 fully saturated rings. The van der Waals surface area contributed by atoms with E-state index in [0.29, 0.717) is 30.2 Å². The number of rotatable bonds is 7. The summed E-state index contributed by atoms with van der Waals surface area (Å²) in [5.41, 5.74) is 0.365. The van der Waals surface area contributed by atoms with E-state index < -0.39 is 11.0 Å². The zero-order valence-electron chi connectivity index (χ0n) is 12.1. The van der Waals surface area contributed by atoms with Crippen LogP contribution < -0.4 is 14.4 Å². The summed E-state index contributed by atoms with van der Waals surface area (Å²) in [7, 11) is 4.64. The molecule has 20 heavy (non-hydrogen) atoms. The molecule has 0 saturated carbocycles. The van der Waals surface area contributed by atoms with Crippen LogP contribution >= 0.6 is 0 Å². The second-order valence-corrected chi connectivity index (χ2v) is 4.51. The van der Waals surface area contributed by atoms with Gasteiger partial charge in [0.25, 0.3) is 5.69 Å². The Labute approximate surface area is 117 Å². The molecule has 1 aromatic rings. The maximum atomic E-state index is 11.2. The van der Waals surface area contributed by atoms with Crippen molar-refractivity contribution < 1.29 is 19.5 Å². The molecular formula is C13H20N2O5. The summed E-state index contributed by atoms with van der Waals surface area (Å²) in [4.78, 5) is 12.4. The molecule has 0 aliphatic heterocycles. The SMILES string of the molecule is COc1cc(N(C)CCC(C)O)c([N+](=O)[O-])cc1OC. The molecule has 0 aliphatic carbocycles. The lowest BCUT2D eigenvalue weighted by Gasteiger charge is -2.21. The molecule has 1 unspecified atom stereocenters. The van der Waals surface area contributed by atoms with Crippen LogP contribution in [0.4, 0.5) is 11.4 Å². The highest BCUT2D eigenvalue weighted by Crippen LogP contribution is 2.39. The number of hydrogen-bond donors (Lipinski definition) is 1. The highest BCUT2D eigenvalue weighted by Gasteiger charge is 2.22. The fourth-order valence-corrected chi connectivity index (χ4v) is 1.81. The molecule has 112 valence electrons. The second-order valence-electron chi connectivity index (χ2n) is 4.51. The van der Waals surface area contributed by atoms with Gasteiger partial charge in [0.05, 0.1) is 31.3 Å². The van der Waals surface area contributed by atoms with Crippen LogP contribution in [0.2, 0.25) is 0 Å². The number of aliphatic hydroxyl groups is 1. The van der Waals surface area contributed by atoms with Gasteiger partial charge >= 0.3 is 0 Å². The van der Waals surface area contributed by atoms with Crippen molar-refractivity contribution in [1.82, 2.24) is 0 Å². The van der Waals surface area contributed by atoms with Crippen molar-refractivity contribution in [2.75, 3.05) is 32.7 Å². The van der Waals surface area contributed by atoms with Gasteiger partial charge in [0.1, 0.15) is 5.69 Å². The third-order valence-electron chi connectivity index (χ3n) is 2.97. The smallest absolute Gasteiger partial charge is 0.296 e. The van der Waals surface area contributed by atoms with Gasteiger partial charge in [0, 0.05) is 19.7 Å². The Balaban J connectivity index is 3.18. The highest BCUT2D eigenvalue weighted by molar-refractivity contribution is 5.69. The van der Waals surface area contributed by atoms with Crippen LogP contribution in [0.5, 0.6) is 11.5 Å². The van der Waals surface area contributed by atoms with Crippen LogP contribution in [0, 0.1) is 10.1 Å². The maximum Gasteiger partial charge on any atom is 0.296 e. The van der Waals surface area contributed by atoms with Gasteiger partial charge in [-0.1, -0.05) is 0 Å². The predicted molar refractivity (Wildman–Crippen MR) is 75.8 cm³/mol. The lowest BCUT2D eigenvalue weighted by Crippen LogP contribution is -2.22. The van der Waals surface area contributed by atoms with Gasteiger partial charge in [0.15, 0.2) is 11.5 Å². The largest absolute Gasteiger partial charge is 0.493 e. The number of benzene rings is 1. The summed E-state index contributed by atoms with van der Waals surface area (Å²) in [6.07, 6.45) is 0.0544. The van der Waals surface area contributed by atoms with E-state index in [1.165, 1.54) is 20.3 Å². The van der Waals surface area contributed by atoms with Gasteiger partial charge in [-0.15, -0.1) is 0 Å². The van der Waals surface area contributed by atoms with E-state index in [4.69, 9.17) is 9.47 Å². The average molecular weight is 284 g/mol. The first-order valence-corrected chi connectivity index (χ1v) is 6.20. The van der Waals surface area contributed by atoms with Crippen LogP contribution in [0.25, 0.3) is 0 Å². The molecule has 0 amide bonds. The van der Waals surface area contributed by atoms with Gasteiger partial charge in [-0.05, 0) is 13.3 Å². The minimum absolute atomic E-state index is 0.0595. The van der Waals surface area contributed by atoms with Crippen molar-refractivity contribution in [3.63, 3.8) is 0 Å². The molecule has 0 heterocycles. The van der Waals surface area contributed by atoms with Crippen molar-refractivity contribution in [3.05, 3.63) is 22.2 Å². The molecule has 1 rings (SSSR count). The number of nitrogens with zero attached hydrogens (tertiary/aromatic N) is 2. The van der Waals surface area contributed by atoms with Gasteiger partial charge in [-0.25, -0.2) is 0 Å². The number of aliphatic hydroxyl groups excluding tert-OH is 1. The van der Waals surface area contributed by atoms with Crippen molar-refractivity contribution in [2.45, 2.75) is 19.4 Å². The van der Waals surface area contributed by atoms with Crippen LogP contribution in [-0.2, 0) is 0 Å². The van der Waals surface area contributed by atoms with Crippen LogP contribution in [-0.4, -0.2) is 43.9 Å². The minimum atomic E-state index is -0.462. The lowest BCUT2D eigenvalue weighted by atomic mass is 10.2. The van der Waals surface area contributed by atoms with E-state index in [-0.39, 0.29) is 5.69 Å². The van der Waals surface area contributed by atoms with E-state index in [1.807, 2.05) is 0 Å². The van der Waals surface area contributed by atoms with Crippen molar-refractivity contribution in [3.8, 4) is 11.5 Å². The first kappa shape index (κ1) is 16.0. The van der Waals surface area contributed by atoms with Gasteiger partial charge in [0.2, 0.25) is 0 Å². The quantitative estimate of drug-likeness (QED) is 0.607. The monoisotopic (exact) mass is 284 g/mol. The van der Waals surface area contributed by atoms with E-state index in [1.54, 1.807) is 24.9 Å². The van der Waals surface area contributed by atoms with E-state index in [2.05, 4.69) is 0 Å². The Bertz CT molecular complexity index is 476. The Morgan fingerprint density at radius 1 is 1.35 bits per heavy atom. The topological polar surface area (TPSA) is 85.1 Å². The Kier molecular flexibility index (Phi) is 5.57. The number of anilines is 1. The summed E-state index contributed by atoms with van der Waals surface area (Å²) < 4.78 is 10.2. The fraction of sp³-hybridized carbons (Fsp3) is 0.538. The van der Waals surface area contributed by atoms with Crippen LogP contribution in [0.1, 0.15) is 13.3 Å². The lowest BCUT2D eigenvalue weighted by molar-refractivity contribution is -0.384. The Hall–Kier alpha value is -2.02. The fourth-order valence-electron chi connectivity index (χ4n) is 1.81. The zero-order chi connectivity index (χ0) is 15.3. The summed E-state index contributed by atoms with van der Waals surface area (Å²) >= 11 is 0. The van der Waals surface area contributed by atoms with Gasteiger partial charge in [-0.3, -0.25) is 10.1 Å². The molecule has 7 heteroatoms. The molecule has 0 aromatic heterocycles. The Morgan fingerprint density at radius 2 is 1.90 bits per heavy atom. The summed E-state index contributed by atoms with van der Waals surface area (Å²) in [5, 5.41) is 20.5. The van der Waals surface area contributed by atoms with Crippen LogP contribution in [0.3, 0.4) is 0 Å². The molecule has 0 bridgehead atoms. The van der Waals surface area contributed by atoms with Crippen molar-refractivity contribution in [1.29, 1.82) is 0 Å². The minimum Gasteiger partial charge on any atom is -0.493 e. The third kappa shape index (κ3) is 3.74. The van der Waals surface area contributed by atoms with E-state index in [0.717, 1.165) is 0 Å². The molecule has 0 radical (unpaired) electrons. The number of hydrogen-bond acceptors (Lipinski definition) is 6. The average Bonchev–Trinajstić information content (AvgIpc) is 2.42. The third-order valence-corrected chi connectivity index (χ3v) is 2.97. The van der Waals surface area contributed by atoms with Crippen LogP contribution in [0.15, 0.2) is 12.1 Å². The number of nitro groups is 1. The van der Waals surface area contributed by atoms with E-state index >= 15 is 0 Å². The summed E-state index contributed by atoms with van der Waals surface area (Å²) in [6, 6.07) is 2.91. The number of ether oxygens (including phenoxy) is 2. The molecule has 0 spiro atoms. The number of nitro benzene ring substituents is 1. The summed E-state index contributed by atoms with van der Waals surface area (Å²) in [5.74, 6) is 0.740. The van der Waals surface area contributed by atoms with Gasteiger partial charge in [-0.2, -0.15) is 0 Å². The second kappa shape index (κ2) is 6.95. The molecule has 7 nitrogen and oxygen atoms in total. The molecule has 1 aromatic carbocycles. The maximum absolute atomic E-state index is 11.2. The molecule has 1 atom stereocenters. The Morgan fingerprint density at radius 3 is 2.35 bits per heavy atom. The normalized spacial score (nSPS) is 11.8. The van der Waals surface area contributed by atoms with Crippen molar-refractivity contribution in [2.24, 2.45) is 0 Å². The van der Waals surface area contributed by atoms with E-state index in [9.17, 15) is 15.2 Å². The van der Waals surface area contributed by atoms with Gasteiger partial charge < -0.3 is 19.5 Å². The van der Waals surface area contributed by atoms with Crippen molar-refractivity contribution >= 4 is 11.4 Å². The first-order valence-electron chi connectivity index (χ1n) is 6.20. The molecule has 0 aliphatic rings. The predicted octanol–water partition coefficient (Wildman–Crippen LogP) is 1.82. The first-order chi connectivity index (χ1) is 9.40. The zero-order valence-corrected chi connectivity index (χ0v) is 12.1. The molecule has 1 N–H and O–H groups in total.